The van der Waals surface area contributed by atoms with E-state index in [9.17, 15) is 0 Å². The van der Waals surface area contributed by atoms with Gasteiger partial charge in [0, 0.05) is 37.5 Å². The third kappa shape index (κ3) is 4.05. The van der Waals surface area contributed by atoms with Crippen LogP contribution in [-0.2, 0) is 11.2 Å². The number of rotatable bonds is 5. The number of morpholine rings is 1. The first-order valence-electron chi connectivity index (χ1n) is 7.21. The molecular weight excluding hydrogens is 304 g/mol. The van der Waals surface area contributed by atoms with E-state index in [0.717, 1.165) is 31.0 Å². The van der Waals surface area contributed by atoms with Crippen molar-refractivity contribution in [3.05, 3.63) is 41.4 Å². The maximum absolute atomic E-state index is 5.99. The van der Waals surface area contributed by atoms with E-state index in [1.54, 1.807) is 6.20 Å². The highest BCUT2D eigenvalue weighted by molar-refractivity contribution is 6.28. The number of pyridine rings is 1. The second kappa shape index (κ2) is 7.38. The van der Waals surface area contributed by atoms with Crippen LogP contribution in [0.3, 0.4) is 0 Å². The minimum Gasteiger partial charge on any atom is -0.477 e. The number of nitrogens with zero attached hydrogens (tertiary/aromatic N) is 4. The molecule has 0 spiro atoms. The lowest BCUT2D eigenvalue weighted by Gasteiger charge is -2.27. The maximum Gasteiger partial charge on any atom is 0.227 e. The molecule has 0 aromatic carbocycles. The van der Waals surface area contributed by atoms with Gasteiger partial charge in [-0.05, 0) is 23.7 Å². The highest BCUT2D eigenvalue weighted by atomic mass is 35.5. The van der Waals surface area contributed by atoms with Crippen LogP contribution >= 0.6 is 11.6 Å². The van der Waals surface area contributed by atoms with Crippen LogP contribution in [0.25, 0.3) is 0 Å². The Bertz CT molecular complexity index is 606. The van der Waals surface area contributed by atoms with Gasteiger partial charge in [-0.3, -0.25) is 4.98 Å². The topological polar surface area (TPSA) is 60.4 Å². The standard InChI is InChI=1S/C15H17ClN4O2/c16-15-18-13(20-6-9-21-10-7-20)11-14(19-15)22-8-4-12-3-1-2-5-17-12/h1-3,5,11H,4,6-10H2. The molecule has 2 aromatic heterocycles. The van der Waals surface area contributed by atoms with Gasteiger partial charge in [0.25, 0.3) is 0 Å². The molecule has 1 fully saturated rings. The molecule has 2 aromatic rings. The molecule has 22 heavy (non-hydrogen) atoms. The summed E-state index contributed by atoms with van der Waals surface area (Å²) in [4.78, 5) is 14.7. The molecule has 0 bridgehead atoms. The minimum absolute atomic E-state index is 0.192. The molecule has 1 aliphatic heterocycles. The van der Waals surface area contributed by atoms with Crippen LogP contribution in [0.4, 0.5) is 5.82 Å². The molecular formula is C15H17ClN4O2. The largest absolute Gasteiger partial charge is 0.477 e. The van der Waals surface area contributed by atoms with Crippen LogP contribution in [0, 0.1) is 0 Å². The third-order valence-electron chi connectivity index (χ3n) is 3.33. The van der Waals surface area contributed by atoms with Crippen LogP contribution in [0.2, 0.25) is 5.28 Å². The van der Waals surface area contributed by atoms with Crippen molar-refractivity contribution in [2.45, 2.75) is 6.42 Å². The van der Waals surface area contributed by atoms with Crippen molar-refractivity contribution in [2.75, 3.05) is 37.8 Å². The summed E-state index contributed by atoms with van der Waals surface area (Å²) < 4.78 is 11.0. The SMILES string of the molecule is Clc1nc(OCCc2ccccn2)cc(N2CCOCC2)n1. The van der Waals surface area contributed by atoms with Gasteiger partial charge < -0.3 is 14.4 Å². The number of hydrogen-bond donors (Lipinski definition) is 0. The van der Waals surface area contributed by atoms with Crippen molar-refractivity contribution in [2.24, 2.45) is 0 Å². The fourth-order valence-electron chi connectivity index (χ4n) is 2.22. The van der Waals surface area contributed by atoms with Gasteiger partial charge in [-0.2, -0.15) is 4.98 Å². The Kier molecular flexibility index (Phi) is 5.03. The van der Waals surface area contributed by atoms with E-state index in [1.807, 2.05) is 24.3 Å². The fraction of sp³-hybridized carbons (Fsp3) is 0.400. The van der Waals surface area contributed by atoms with E-state index in [2.05, 4.69) is 19.9 Å². The zero-order valence-electron chi connectivity index (χ0n) is 12.1. The number of hydrogen-bond acceptors (Lipinski definition) is 6. The van der Waals surface area contributed by atoms with E-state index in [1.165, 1.54) is 0 Å². The highest BCUT2D eigenvalue weighted by Crippen LogP contribution is 2.20. The monoisotopic (exact) mass is 320 g/mol. The molecule has 7 heteroatoms. The molecule has 0 amide bonds. The van der Waals surface area contributed by atoms with Gasteiger partial charge in [0.2, 0.25) is 11.2 Å². The molecule has 6 nitrogen and oxygen atoms in total. The van der Waals surface area contributed by atoms with Crippen molar-refractivity contribution in [1.82, 2.24) is 15.0 Å². The zero-order chi connectivity index (χ0) is 15.2. The molecule has 116 valence electrons. The summed E-state index contributed by atoms with van der Waals surface area (Å²) in [6.07, 6.45) is 2.49. The van der Waals surface area contributed by atoms with Crippen molar-refractivity contribution < 1.29 is 9.47 Å². The van der Waals surface area contributed by atoms with E-state index in [-0.39, 0.29) is 5.28 Å². The van der Waals surface area contributed by atoms with Gasteiger partial charge in [-0.1, -0.05) is 6.07 Å². The Morgan fingerprint density at radius 1 is 1.23 bits per heavy atom. The van der Waals surface area contributed by atoms with Crippen LogP contribution in [-0.4, -0.2) is 47.9 Å². The summed E-state index contributed by atoms with van der Waals surface area (Å²) in [5, 5.41) is 0.192. The normalized spacial score (nSPS) is 14.9. The Morgan fingerprint density at radius 2 is 2.09 bits per heavy atom. The number of halogens is 1. The molecule has 0 radical (unpaired) electrons. The average Bonchev–Trinajstić information content (AvgIpc) is 2.56. The van der Waals surface area contributed by atoms with Crippen LogP contribution in [0.1, 0.15) is 5.69 Å². The Labute approximate surface area is 134 Å². The molecule has 1 saturated heterocycles. The van der Waals surface area contributed by atoms with Crippen molar-refractivity contribution in [1.29, 1.82) is 0 Å². The summed E-state index contributed by atoms with van der Waals surface area (Å²) in [5.41, 5.74) is 0.982. The summed E-state index contributed by atoms with van der Waals surface area (Å²) in [6, 6.07) is 7.63. The van der Waals surface area contributed by atoms with Gasteiger partial charge in [-0.15, -0.1) is 0 Å². The summed E-state index contributed by atoms with van der Waals surface area (Å²) >= 11 is 5.99. The molecule has 3 rings (SSSR count). The third-order valence-corrected chi connectivity index (χ3v) is 3.50. The van der Waals surface area contributed by atoms with Crippen LogP contribution < -0.4 is 9.64 Å². The first-order valence-corrected chi connectivity index (χ1v) is 7.59. The summed E-state index contributed by atoms with van der Waals surface area (Å²) in [5.74, 6) is 1.26. The van der Waals surface area contributed by atoms with Gasteiger partial charge in [-0.25, -0.2) is 4.98 Å². The molecule has 1 aliphatic rings. The number of ether oxygens (including phenoxy) is 2. The average molecular weight is 321 g/mol. The van der Waals surface area contributed by atoms with Gasteiger partial charge >= 0.3 is 0 Å². The van der Waals surface area contributed by atoms with E-state index < -0.39 is 0 Å². The van der Waals surface area contributed by atoms with Gasteiger partial charge in [0.15, 0.2) is 0 Å². The van der Waals surface area contributed by atoms with Crippen LogP contribution in [0.5, 0.6) is 5.88 Å². The first kappa shape index (κ1) is 15.0. The molecule has 3 heterocycles. The van der Waals surface area contributed by atoms with E-state index in [0.29, 0.717) is 25.7 Å². The van der Waals surface area contributed by atoms with E-state index >= 15 is 0 Å². The molecule has 0 N–H and O–H groups in total. The molecule has 0 atom stereocenters. The predicted octanol–water partition coefficient (Wildman–Crippen LogP) is 1.98. The maximum atomic E-state index is 5.99. The minimum atomic E-state index is 0.192. The molecule has 0 aliphatic carbocycles. The Morgan fingerprint density at radius 3 is 2.86 bits per heavy atom. The second-order valence-corrected chi connectivity index (χ2v) is 5.19. The quantitative estimate of drug-likeness (QED) is 0.785. The smallest absolute Gasteiger partial charge is 0.227 e. The molecule has 0 unspecified atom stereocenters. The lowest BCUT2D eigenvalue weighted by molar-refractivity contribution is 0.122. The molecule has 0 saturated carbocycles. The Hall–Kier alpha value is -1.92. The zero-order valence-corrected chi connectivity index (χ0v) is 12.9. The van der Waals surface area contributed by atoms with E-state index in [4.69, 9.17) is 21.1 Å². The predicted molar refractivity (Wildman–Crippen MR) is 83.5 cm³/mol. The summed E-state index contributed by atoms with van der Waals surface area (Å²) in [6.45, 7) is 3.46. The Balaban J connectivity index is 1.62. The number of aromatic nitrogens is 3. The highest BCUT2D eigenvalue weighted by Gasteiger charge is 2.15. The number of anilines is 1. The summed E-state index contributed by atoms with van der Waals surface area (Å²) in [7, 11) is 0. The lowest BCUT2D eigenvalue weighted by Crippen LogP contribution is -2.36. The van der Waals surface area contributed by atoms with Crippen molar-refractivity contribution in [3.63, 3.8) is 0 Å². The van der Waals surface area contributed by atoms with Crippen LogP contribution in [0.15, 0.2) is 30.5 Å². The van der Waals surface area contributed by atoms with Crippen molar-refractivity contribution >= 4 is 17.4 Å². The lowest BCUT2D eigenvalue weighted by atomic mass is 10.3. The second-order valence-electron chi connectivity index (χ2n) is 4.85. The van der Waals surface area contributed by atoms with Gasteiger partial charge in [0.05, 0.1) is 19.8 Å². The van der Waals surface area contributed by atoms with Gasteiger partial charge in [0.1, 0.15) is 5.82 Å². The fourth-order valence-corrected chi connectivity index (χ4v) is 2.39. The first-order chi connectivity index (χ1) is 10.8. The van der Waals surface area contributed by atoms with Crippen molar-refractivity contribution in [3.8, 4) is 5.88 Å².